The molecule has 1 fully saturated rings. The van der Waals surface area contributed by atoms with Crippen molar-refractivity contribution < 1.29 is 17.9 Å². The second-order valence-corrected chi connectivity index (χ2v) is 7.22. The quantitative estimate of drug-likeness (QED) is 0.667. The normalized spacial score (nSPS) is 22.0. The lowest BCUT2D eigenvalue weighted by molar-refractivity contribution is -0.145. The van der Waals surface area contributed by atoms with Crippen LogP contribution in [0.15, 0.2) is 41.8 Å². The van der Waals surface area contributed by atoms with Gasteiger partial charge in [0.1, 0.15) is 6.10 Å². The Hall–Kier alpha value is -1.66. The van der Waals surface area contributed by atoms with Gasteiger partial charge in [0.25, 0.3) is 0 Å². The summed E-state index contributed by atoms with van der Waals surface area (Å²) in [5, 5.41) is 0. The fraction of sp³-hybridized carbons (Fsp3) is 0.438. The van der Waals surface area contributed by atoms with E-state index in [4.69, 9.17) is 4.74 Å². The molecule has 1 aromatic rings. The molecule has 22 heavy (non-hydrogen) atoms. The molecular formula is C16H21NO4S. The Bertz CT molecular complexity index is 637. The highest BCUT2D eigenvalue weighted by Gasteiger charge is 2.31. The Kier molecular flexibility index (Phi) is 5.37. The largest absolute Gasteiger partial charge is 0.458 e. The first-order valence-electron chi connectivity index (χ1n) is 7.34. The van der Waals surface area contributed by atoms with Gasteiger partial charge in [0.2, 0.25) is 10.0 Å². The van der Waals surface area contributed by atoms with Crippen molar-refractivity contribution in [3.05, 3.63) is 42.5 Å². The molecule has 6 heteroatoms. The van der Waals surface area contributed by atoms with Gasteiger partial charge in [-0.2, -0.15) is 0 Å². The summed E-state index contributed by atoms with van der Waals surface area (Å²) in [4.78, 5) is 11.6. The van der Waals surface area contributed by atoms with Crippen LogP contribution in [-0.2, 0) is 19.6 Å². The van der Waals surface area contributed by atoms with E-state index in [1.54, 1.807) is 24.3 Å². The monoisotopic (exact) mass is 323 g/mol. The molecule has 1 N–H and O–H groups in total. The summed E-state index contributed by atoms with van der Waals surface area (Å²) >= 11 is 0. The van der Waals surface area contributed by atoms with Gasteiger partial charge in [-0.15, -0.1) is 0 Å². The van der Waals surface area contributed by atoms with Gasteiger partial charge < -0.3 is 4.74 Å². The van der Waals surface area contributed by atoms with Crippen molar-refractivity contribution in [2.24, 2.45) is 0 Å². The number of hydrogen-bond donors (Lipinski definition) is 1. The molecule has 0 aromatic heterocycles. The van der Waals surface area contributed by atoms with E-state index >= 15 is 0 Å². The lowest BCUT2D eigenvalue weighted by Gasteiger charge is -2.31. The van der Waals surface area contributed by atoms with Gasteiger partial charge in [0, 0.05) is 6.08 Å². The van der Waals surface area contributed by atoms with E-state index in [0.717, 1.165) is 24.5 Å². The van der Waals surface area contributed by atoms with E-state index in [1.807, 2.05) is 6.92 Å². The minimum absolute atomic E-state index is 0.220. The summed E-state index contributed by atoms with van der Waals surface area (Å²) in [5.41, 5.74) is 0.995. The number of carbonyl (C=O) groups excluding carboxylic acids is 1. The first kappa shape index (κ1) is 16.7. The maximum Gasteiger partial charge on any atom is 0.330 e. The third-order valence-corrected chi connectivity index (χ3v) is 5.28. The highest BCUT2D eigenvalue weighted by molar-refractivity contribution is 7.89. The molecule has 120 valence electrons. The van der Waals surface area contributed by atoms with Gasteiger partial charge in [0.05, 0.1) is 10.9 Å². The zero-order valence-corrected chi connectivity index (χ0v) is 13.4. The van der Waals surface area contributed by atoms with E-state index < -0.39 is 28.1 Å². The predicted octanol–water partition coefficient (Wildman–Crippen LogP) is 2.31. The van der Waals surface area contributed by atoms with Crippen molar-refractivity contribution in [2.45, 2.75) is 49.6 Å². The van der Waals surface area contributed by atoms with E-state index in [1.165, 1.54) is 0 Å². The van der Waals surface area contributed by atoms with Crippen LogP contribution in [0.5, 0.6) is 0 Å². The molecule has 0 amide bonds. The van der Waals surface area contributed by atoms with Crippen molar-refractivity contribution in [3.8, 4) is 0 Å². The standard InChI is InChI=1S/C16H21NO4S/c1-3-16(18)21-15-7-5-4-6-14(15)17-22(19,20)13-10-8-12(2)9-11-13/h3,8-11,14-15,17H,1,4-7H2,2H3/t14-,15-/m1/s1. The zero-order valence-electron chi connectivity index (χ0n) is 12.6. The van der Waals surface area contributed by atoms with Gasteiger partial charge in [-0.25, -0.2) is 17.9 Å². The average molecular weight is 323 g/mol. The smallest absolute Gasteiger partial charge is 0.330 e. The van der Waals surface area contributed by atoms with Crippen LogP contribution in [0.2, 0.25) is 0 Å². The van der Waals surface area contributed by atoms with Crippen molar-refractivity contribution in [2.75, 3.05) is 0 Å². The third-order valence-electron chi connectivity index (χ3n) is 3.77. The number of rotatable bonds is 5. The summed E-state index contributed by atoms with van der Waals surface area (Å²) in [6, 6.07) is 6.26. The minimum atomic E-state index is -3.62. The van der Waals surface area contributed by atoms with Crippen LogP contribution in [0.4, 0.5) is 0 Å². The second-order valence-electron chi connectivity index (χ2n) is 5.50. The molecule has 0 spiro atoms. The van der Waals surface area contributed by atoms with Gasteiger partial charge in [0.15, 0.2) is 0 Å². The summed E-state index contributed by atoms with van der Waals surface area (Å²) in [7, 11) is -3.62. The predicted molar refractivity (Wildman–Crippen MR) is 83.8 cm³/mol. The van der Waals surface area contributed by atoms with Crippen LogP contribution in [-0.4, -0.2) is 26.5 Å². The molecule has 0 heterocycles. The molecule has 0 aliphatic heterocycles. The van der Waals surface area contributed by atoms with Crippen molar-refractivity contribution in [1.82, 2.24) is 4.72 Å². The summed E-state index contributed by atoms with van der Waals surface area (Å²) in [5.74, 6) is -0.522. The number of benzene rings is 1. The second kappa shape index (κ2) is 7.07. The number of nitrogens with one attached hydrogen (secondary N) is 1. The number of sulfonamides is 1. The first-order chi connectivity index (χ1) is 10.4. The molecule has 2 atom stereocenters. The molecule has 0 radical (unpaired) electrons. The van der Waals surface area contributed by atoms with E-state index in [2.05, 4.69) is 11.3 Å². The number of carbonyl (C=O) groups is 1. The van der Waals surface area contributed by atoms with Crippen LogP contribution < -0.4 is 4.72 Å². The van der Waals surface area contributed by atoms with Crippen LogP contribution in [0.3, 0.4) is 0 Å². The van der Waals surface area contributed by atoms with Crippen LogP contribution in [0, 0.1) is 6.92 Å². The summed E-state index contributed by atoms with van der Waals surface area (Å²) < 4.78 is 32.8. The average Bonchev–Trinajstić information content (AvgIpc) is 2.49. The summed E-state index contributed by atoms with van der Waals surface area (Å²) in [6.07, 6.45) is 3.78. The van der Waals surface area contributed by atoms with Crippen LogP contribution >= 0.6 is 0 Å². The number of ether oxygens (including phenoxy) is 1. The molecule has 0 unspecified atom stereocenters. The zero-order chi connectivity index (χ0) is 16.2. The maximum atomic E-state index is 12.4. The highest BCUT2D eigenvalue weighted by Crippen LogP contribution is 2.23. The number of hydrogen-bond acceptors (Lipinski definition) is 4. The van der Waals surface area contributed by atoms with Crippen molar-refractivity contribution >= 4 is 16.0 Å². The first-order valence-corrected chi connectivity index (χ1v) is 8.83. The Balaban J connectivity index is 2.13. The molecule has 0 bridgehead atoms. The van der Waals surface area contributed by atoms with E-state index in [-0.39, 0.29) is 4.90 Å². The molecule has 1 aliphatic carbocycles. The fourth-order valence-electron chi connectivity index (χ4n) is 2.55. The Labute approximate surface area is 131 Å². The SMILES string of the molecule is C=CC(=O)O[C@@H]1CCCC[C@H]1NS(=O)(=O)c1ccc(C)cc1. The minimum Gasteiger partial charge on any atom is -0.458 e. The Morgan fingerprint density at radius 3 is 2.55 bits per heavy atom. The highest BCUT2D eigenvalue weighted by atomic mass is 32.2. The topological polar surface area (TPSA) is 72.5 Å². The van der Waals surface area contributed by atoms with Gasteiger partial charge in [-0.1, -0.05) is 30.7 Å². The molecule has 1 saturated carbocycles. The third kappa shape index (κ3) is 4.18. The Morgan fingerprint density at radius 1 is 1.27 bits per heavy atom. The Morgan fingerprint density at radius 2 is 1.91 bits per heavy atom. The summed E-state index contributed by atoms with van der Waals surface area (Å²) in [6.45, 7) is 5.27. The van der Waals surface area contributed by atoms with E-state index in [9.17, 15) is 13.2 Å². The van der Waals surface area contributed by atoms with Gasteiger partial charge in [-0.3, -0.25) is 0 Å². The molecule has 2 rings (SSSR count). The van der Waals surface area contributed by atoms with Crippen molar-refractivity contribution in [1.29, 1.82) is 0 Å². The van der Waals surface area contributed by atoms with Crippen molar-refractivity contribution in [3.63, 3.8) is 0 Å². The number of esters is 1. The molecule has 1 aromatic carbocycles. The molecule has 5 nitrogen and oxygen atoms in total. The van der Waals surface area contributed by atoms with E-state index in [0.29, 0.717) is 12.8 Å². The lowest BCUT2D eigenvalue weighted by Crippen LogP contribution is -2.46. The molecule has 1 aliphatic rings. The fourth-order valence-corrected chi connectivity index (χ4v) is 3.85. The van der Waals surface area contributed by atoms with Gasteiger partial charge in [-0.05, 0) is 38.3 Å². The van der Waals surface area contributed by atoms with Crippen LogP contribution in [0.25, 0.3) is 0 Å². The lowest BCUT2D eigenvalue weighted by atomic mass is 9.93. The molecule has 0 saturated heterocycles. The maximum absolute atomic E-state index is 12.4. The molecular weight excluding hydrogens is 302 g/mol. The van der Waals surface area contributed by atoms with Gasteiger partial charge >= 0.3 is 5.97 Å². The van der Waals surface area contributed by atoms with Crippen LogP contribution in [0.1, 0.15) is 31.2 Å². The number of aryl methyl sites for hydroxylation is 1.